The van der Waals surface area contributed by atoms with Gasteiger partial charge >= 0.3 is 0 Å². The van der Waals surface area contributed by atoms with Crippen LogP contribution in [0, 0.1) is 17.2 Å². The van der Waals surface area contributed by atoms with Crippen LogP contribution in [0.25, 0.3) is 0 Å². The Morgan fingerprint density at radius 2 is 2.08 bits per heavy atom. The molecule has 0 bridgehead atoms. The molecule has 1 saturated carbocycles. The quantitative estimate of drug-likeness (QED) is 0.762. The van der Waals surface area contributed by atoms with Gasteiger partial charge < -0.3 is 4.90 Å². The molecule has 1 aliphatic heterocycles. The highest BCUT2D eigenvalue weighted by Crippen LogP contribution is 2.45. The zero-order valence-corrected chi connectivity index (χ0v) is 15.8. The Balaban J connectivity index is 1.95. The van der Waals surface area contributed by atoms with Gasteiger partial charge in [0.15, 0.2) is 5.17 Å². The predicted octanol–water partition coefficient (Wildman–Crippen LogP) is 5.13. The molecule has 1 heterocycles. The van der Waals surface area contributed by atoms with Crippen LogP contribution < -0.4 is 0 Å². The highest BCUT2D eigenvalue weighted by Gasteiger charge is 2.46. The molecule has 4 heteroatoms. The van der Waals surface area contributed by atoms with E-state index in [0.29, 0.717) is 11.5 Å². The number of nitrogens with zero attached hydrogens (tertiary/aromatic N) is 3. The Bertz CT molecular complexity index is 666. The van der Waals surface area contributed by atoms with Crippen LogP contribution in [0.2, 0.25) is 0 Å². The molecule has 1 spiro atoms. The monoisotopic (exact) mass is 341 g/mol. The maximum Gasteiger partial charge on any atom is 0.164 e. The second-order valence-electron chi connectivity index (χ2n) is 7.43. The molecule has 0 unspecified atom stereocenters. The third-order valence-electron chi connectivity index (χ3n) is 5.16. The highest BCUT2D eigenvalue weighted by molar-refractivity contribution is 8.14. The summed E-state index contributed by atoms with van der Waals surface area (Å²) >= 11 is 1.92. The predicted molar refractivity (Wildman–Crippen MR) is 103 cm³/mol. The summed E-state index contributed by atoms with van der Waals surface area (Å²) in [7, 11) is 0. The first-order valence-electron chi connectivity index (χ1n) is 9.10. The molecule has 2 fully saturated rings. The van der Waals surface area contributed by atoms with E-state index < -0.39 is 0 Å². The Hall–Kier alpha value is -1.47. The van der Waals surface area contributed by atoms with E-state index >= 15 is 0 Å². The minimum atomic E-state index is 0.340. The van der Waals surface area contributed by atoms with Crippen LogP contribution in [0.3, 0.4) is 0 Å². The van der Waals surface area contributed by atoms with Crippen molar-refractivity contribution in [1.29, 1.82) is 5.26 Å². The number of hydrogen-bond donors (Lipinski definition) is 0. The van der Waals surface area contributed by atoms with Crippen LogP contribution in [0.5, 0.6) is 0 Å². The largest absolute Gasteiger partial charge is 0.344 e. The summed E-state index contributed by atoms with van der Waals surface area (Å²) in [6, 6.07) is 8.11. The van der Waals surface area contributed by atoms with Gasteiger partial charge in [0.05, 0.1) is 22.9 Å². The van der Waals surface area contributed by atoms with Crippen LogP contribution >= 0.6 is 11.8 Å². The lowest BCUT2D eigenvalue weighted by atomic mass is 9.97. The van der Waals surface area contributed by atoms with E-state index in [1.807, 2.05) is 30.0 Å². The molecule has 1 aromatic rings. The summed E-state index contributed by atoms with van der Waals surface area (Å²) < 4.78 is 0. The van der Waals surface area contributed by atoms with E-state index in [-0.39, 0.29) is 0 Å². The number of amidine groups is 1. The molecular formula is C20H27N3S. The number of rotatable bonds is 4. The van der Waals surface area contributed by atoms with E-state index in [1.54, 1.807) is 0 Å². The summed E-state index contributed by atoms with van der Waals surface area (Å²) in [6.45, 7) is 7.81. The van der Waals surface area contributed by atoms with Crippen molar-refractivity contribution in [3.8, 4) is 6.07 Å². The second kappa shape index (κ2) is 7.19. The lowest BCUT2D eigenvalue weighted by Crippen LogP contribution is -2.46. The van der Waals surface area contributed by atoms with Crippen molar-refractivity contribution >= 4 is 22.6 Å². The van der Waals surface area contributed by atoms with Crippen molar-refractivity contribution in [1.82, 2.24) is 4.90 Å². The fraction of sp³-hybridized carbons (Fsp3) is 0.600. The maximum absolute atomic E-state index is 9.12. The van der Waals surface area contributed by atoms with Crippen LogP contribution in [-0.4, -0.2) is 27.9 Å². The molecule has 0 atom stereocenters. The van der Waals surface area contributed by atoms with Gasteiger partial charge in [-0.2, -0.15) is 5.26 Å². The van der Waals surface area contributed by atoms with Gasteiger partial charge in [-0.1, -0.05) is 45.4 Å². The van der Waals surface area contributed by atoms with Crippen molar-refractivity contribution in [2.24, 2.45) is 10.9 Å². The third kappa shape index (κ3) is 3.32. The first-order valence-corrected chi connectivity index (χ1v) is 10.1. The average molecular weight is 342 g/mol. The summed E-state index contributed by atoms with van der Waals surface area (Å²) in [5.74, 6) is 1.81. The first kappa shape index (κ1) is 17.4. The Kier molecular flexibility index (Phi) is 5.20. The van der Waals surface area contributed by atoms with Crippen molar-refractivity contribution in [3.05, 3.63) is 29.3 Å². The number of thioether (sulfide) groups is 1. The Labute approximate surface area is 150 Å². The van der Waals surface area contributed by atoms with E-state index in [0.717, 1.165) is 24.2 Å². The van der Waals surface area contributed by atoms with E-state index in [2.05, 4.69) is 31.7 Å². The van der Waals surface area contributed by atoms with Gasteiger partial charge in [-0.25, -0.2) is 4.99 Å². The number of benzene rings is 1. The van der Waals surface area contributed by atoms with Crippen molar-refractivity contribution in [2.75, 3.05) is 12.3 Å². The molecule has 1 aromatic carbocycles. The Morgan fingerprint density at radius 3 is 2.71 bits per heavy atom. The van der Waals surface area contributed by atoms with E-state index in [1.165, 1.54) is 42.2 Å². The fourth-order valence-electron chi connectivity index (χ4n) is 3.88. The highest BCUT2D eigenvalue weighted by atomic mass is 32.2. The smallest absolute Gasteiger partial charge is 0.164 e. The summed E-state index contributed by atoms with van der Waals surface area (Å²) in [5, 5.41) is 10.3. The SMILES string of the molecule is CCc1cc(C#N)ccc1N=C1SCC2(CCCC2)N1CC(C)C. The van der Waals surface area contributed by atoms with Crippen LogP contribution in [0.1, 0.15) is 57.6 Å². The van der Waals surface area contributed by atoms with Crippen LogP contribution in [-0.2, 0) is 6.42 Å². The average Bonchev–Trinajstić information content (AvgIpc) is 3.18. The van der Waals surface area contributed by atoms with Crippen molar-refractivity contribution < 1.29 is 0 Å². The minimum absolute atomic E-state index is 0.340. The number of hydrogen-bond acceptors (Lipinski definition) is 3. The summed E-state index contributed by atoms with van der Waals surface area (Å²) in [6.07, 6.45) is 6.21. The zero-order chi connectivity index (χ0) is 17.2. The van der Waals surface area contributed by atoms with E-state index in [4.69, 9.17) is 10.3 Å². The normalized spacial score (nSPS) is 21.1. The fourth-order valence-corrected chi connectivity index (χ4v) is 5.31. The second-order valence-corrected chi connectivity index (χ2v) is 8.37. The lowest BCUT2D eigenvalue weighted by Gasteiger charge is -2.37. The molecule has 2 aliphatic rings. The molecule has 0 radical (unpaired) electrons. The van der Waals surface area contributed by atoms with Gasteiger partial charge in [-0.15, -0.1) is 0 Å². The standard InChI is InChI=1S/C20H27N3S/c1-4-17-11-16(12-21)7-8-18(17)22-19-23(13-15(2)3)20(14-24-19)9-5-6-10-20/h7-8,11,15H,4-6,9-10,13-14H2,1-3H3. The van der Waals surface area contributed by atoms with Crippen molar-refractivity contribution in [3.63, 3.8) is 0 Å². The van der Waals surface area contributed by atoms with Gasteiger partial charge in [0.2, 0.25) is 0 Å². The molecule has 3 nitrogen and oxygen atoms in total. The summed E-state index contributed by atoms with van der Waals surface area (Å²) in [4.78, 5) is 7.66. The molecule has 1 aliphatic carbocycles. The van der Waals surface area contributed by atoms with Gasteiger partial charge in [0.25, 0.3) is 0 Å². The molecule has 0 aromatic heterocycles. The van der Waals surface area contributed by atoms with Gasteiger partial charge in [0.1, 0.15) is 0 Å². The molecule has 128 valence electrons. The summed E-state index contributed by atoms with van der Waals surface area (Å²) in [5.41, 5.74) is 3.26. The van der Waals surface area contributed by atoms with Crippen molar-refractivity contribution in [2.45, 2.75) is 58.4 Å². The third-order valence-corrected chi connectivity index (χ3v) is 6.41. The number of aryl methyl sites for hydroxylation is 1. The molecular weight excluding hydrogens is 314 g/mol. The molecule has 1 saturated heterocycles. The van der Waals surface area contributed by atoms with Gasteiger partial charge in [0, 0.05) is 12.3 Å². The number of aliphatic imine (C=N–C) groups is 1. The zero-order valence-electron chi connectivity index (χ0n) is 15.0. The lowest BCUT2D eigenvalue weighted by molar-refractivity contribution is 0.198. The van der Waals surface area contributed by atoms with Crippen LogP contribution in [0.15, 0.2) is 23.2 Å². The molecule has 3 rings (SSSR count). The van der Waals surface area contributed by atoms with Gasteiger partial charge in [-0.3, -0.25) is 0 Å². The van der Waals surface area contributed by atoms with E-state index in [9.17, 15) is 0 Å². The molecule has 24 heavy (non-hydrogen) atoms. The first-order chi connectivity index (χ1) is 11.6. The van der Waals surface area contributed by atoms with Crippen LogP contribution in [0.4, 0.5) is 5.69 Å². The number of nitriles is 1. The minimum Gasteiger partial charge on any atom is -0.344 e. The molecule has 0 N–H and O–H groups in total. The maximum atomic E-state index is 9.12. The van der Waals surface area contributed by atoms with Gasteiger partial charge in [-0.05, 0) is 48.9 Å². The topological polar surface area (TPSA) is 39.4 Å². The molecule has 0 amide bonds. The Morgan fingerprint density at radius 1 is 1.33 bits per heavy atom.